The first-order valence-electron chi connectivity index (χ1n) is 3.92. The Morgan fingerprint density at radius 2 is 2.36 bits per heavy atom. The third-order valence-corrected chi connectivity index (χ3v) is 2.24. The fourth-order valence-electron chi connectivity index (χ4n) is 0.924. The summed E-state index contributed by atoms with van der Waals surface area (Å²) in [5.74, 6) is 0.633. The molecule has 0 saturated carbocycles. The molecule has 0 radical (unpaired) electrons. The van der Waals surface area contributed by atoms with Crippen molar-refractivity contribution in [2.45, 2.75) is 6.54 Å². The normalized spacial score (nSPS) is 10.0. The van der Waals surface area contributed by atoms with Crippen LogP contribution in [0, 0.1) is 0 Å². The average molecular weight is 208 g/mol. The topological polar surface area (TPSA) is 89.6 Å². The summed E-state index contributed by atoms with van der Waals surface area (Å²) in [5, 5.41) is 6.79. The van der Waals surface area contributed by atoms with Gasteiger partial charge in [0.05, 0.1) is 29.5 Å². The molecule has 0 amide bonds. The fraction of sp³-hybridized carbons (Fsp3) is 0.143. The van der Waals surface area contributed by atoms with Gasteiger partial charge in [0, 0.05) is 0 Å². The Balaban J connectivity index is 2.02. The maximum Gasteiger partial charge on any atom is 0.152 e. The Morgan fingerprint density at radius 1 is 1.43 bits per heavy atom. The van der Waals surface area contributed by atoms with Gasteiger partial charge in [-0.2, -0.15) is 0 Å². The monoisotopic (exact) mass is 208 g/mol. The number of hydrogen-bond acceptors (Lipinski definition) is 7. The van der Waals surface area contributed by atoms with Crippen LogP contribution in [0.25, 0.3) is 0 Å². The van der Waals surface area contributed by atoms with E-state index in [0.29, 0.717) is 18.1 Å². The number of anilines is 2. The van der Waals surface area contributed by atoms with Crippen molar-refractivity contribution in [1.29, 1.82) is 0 Å². The van der Waals surface area contributed by atoms with Crippen molar-refractivity contribution in [2.24, 2.45) is 0 Å². The minimum Gasteiger partial charge on any atom is -0.394 e. The number of rotatable bonds is 3. The molecule has 0 saturated heterocycles. The summed E-state index contributed by atoms with van der Waals surface area (Å²) in [6.45, 7) is 0.624. The van der Waals surface area contributed by atoms with Crippen LogP contribution in [0.3, 0.4) is 0 Å². The van der Waals surface area contributed by atoms with Crippen LogP contribution in [0.4, 0.5) is 11.5 Å². The van der Waals surface area contributed by atoms with Crippen molar-refractivity contribution in [3.05, 3.63) is 23.6 Å². The minimum absolute atomic E-state index is 0.532. The number of nitrogen functional groups attached to an aromatic ring is 1. The molecule has 0 spiro atoms. The molecule has 0 fully saturated rings. The summed E-state index contributed by atoms with van der Waals surface area (Å²) in [6.07, 6.45) is 4.71. The third kappa shape index (κ3) is 1.94. The number of aromatic nitrogens is 4. The molecule has 2 heterocycles. The van der Waals surface area contributed by atoms with Gasteiger partial charge >= 0.3 is 0 Å². The van der Waals surface area contributed by atoms with Gasteiger partial charge in [-0.3, -0.25) is 0 Å². The first-order valence-corrected chi connectivity index (χ1v) is 4.69. The second-order valence-corrected chi connectivity index (χ2v) is 3.43. The smallest absolute Gasteiger partial charge is 0.152 e. The van der Waals surface area contributed by atoms with E-state index in [1.54, 1.807) is 12.4 Å². The van der Waals surface area contributed by atoms with Gasteiger partial charge in [0.1, 0.15) is 6.33 Å². The van der Waals surface area contributed by atoms with Crippen molar-refractivity contribution in [2.75, 3.05) is 11.1 Å². The zero-order valence-corrected chi connectivity index (χ0v) is 8.03. The molecule has 0 aliphatic carbocycles. The quantitative estimate of drug-likeness (QED) is 0.764. The highest BCUT2D eigenvalue weighted by atomic mass is 32.1. The van der Waals surface area contributed by atoms with E-state index in [0.717, 1.165) is 4.88 Å². The highest BCUT2D eigenvalue weighted by Gasteiger charge is 2.00. The van der Waals surface area contributed by atoms with Crippen molar-refractivity contribution < 1.29 is 0 Å². The van der Waals surface area contributed by atoms with Gasteiger partial charge < -0.3 is 11.1 Å². The molecular weight excluding hydrogens is 200 g/mol. The van der Waals surface area contributed by atoms with Crippen LogP contribution >= 0.6 is 11.5 Å². The van der Waals surface area contributed by atoms with Crippen LogP contribution in [-0.2, 0) is 6.54 Å². The maximum absolute atomic E-state index is 5.64. The van der Waals surface area contributed by atoms with Gasteiger partial charge in [-0.05, 0) is 11.5 Å². The molecule has 0 aliphatic rings. The molecule has 0 aromatic carbocycles. The standard InChI is InChI=1S/C7H8N6S/c8-6-3-9-4-11-7(6)10-1-5-2-12-13-14-5/h2-4H,1,8H2,(H,9,10,11). The van der Waals surface area contributed by atoms with Gasteiger partial charge in [-0.25, -0.2) is 9.97 Å². The Bertz CT molecular complexity index is 400. The fourth-order valence-corrected chi connectivity index (χ4v) is 1.35. The molecule has 2 aromatic rings. The average Bonchev–Trinajstić information content (AvgIpc) is 2.69. The number of nitrogens with zero attached hydrogens (tertiary/aromatic N) is 4. The maximum atomic E-state index is 5.64. The summed E-state index contributed by atoms with van der Waals surface area (Å²) in [4.78, 5) is 8.82. The highest BCUT2D eigenvalue weighted by molar-refractivity contribution is 7.05. The van der Waals surface area contributed by atoms with Crippen LogP contribution in [0.15, 0.2) is 18.7 Å². The van der Waals surface area contributed by atoms with E-state index in [1.165, 1.54) is 17.9 Å². The second kappa shape index (κ2) is 3.97. The first kappa shape index (κ1) is 8.82. The Morgan fingerprint density at radius 3 is 3.07 bits per heavy atom. The molecule has 14 heavy (non-hydrogen) atoms. The number of nitrogens with one attached hydrogen (secondary N) is 1. The Hall–Kier alpha value is -1.76. The zero-order valence-electron chi connectivity index (χ0n) is 7.21. The molecule has 0 aliphatic heterocycles. The van der Waals surface area contributed by atoms with E-state index in [1.807, 2.05) is 0 Å². The van der Waals surface area contributed by atoms with Gasteiger partial charge in [-0.1, -0.05) is 4.49 Å². The summed E-state index contributed by atoms with van der Waals surface area (Å²) in [6, 6.07) is 0. The predicted octanol–water partition coefficient (Wildman–Crippen LogP) is 0.522. The molecule has 0 atom stereocenters. The summed E-state index contributed by atoms with van der Waals surface area (Å²) < 4.78 is 3.74. The zero-order chi connectivity index (χ0) is 9.80. The van der Waals surface area contributed by atoms with Crippen molar-refractivity contribution in [3.8, 4) is 0 Å². The lowest BCUT2D eigenvalue weighted by Gasteiger charge is -2.04. The van der Waals surface area contributed by atoms with E-state index < -0.39 is 0 Å². The lowest BCUT2D eigenvalue weighted by atomic mass is 10.4. The van der Waals surface area contributed by atoms with E-state index in [-0.39, 0.29) is 0 Å². The largest absolute Gasteiger partial charge is 0.394 e. The molecule has 6 nitrogen and oxygen atoms in total. The highest BCUT2D eigenvalue weighted by Crippen LogP contribution is 2.13. The predicted molar refractivity (Wildman–Crippen MR) is 53.7 cm³/mol. The molecule has 0 bridgehead atoms. The van der Waals surface area contributed by atoms with Gasteiger partial charge in [-0.15, -0.1) is 5.10 Å². The van der Waals surface area contributed by atoms with E-state index in [9.17, 15) is 0 Å². The van der Waals surface area contributed by atoms with Gasteiger partial charge in [0.15, 0.2) is 5.82 Å². The number of nitrogens with two attached hydrogens (primary N) is 1. The minimum atomic E-state index is 0.532. The third-order valence-electron chi connectivity index (χ3n) is 1.58. The number of hydrogen-bond donors (Lipinski definition) is 2. The molecule has 2 rings (SSSR count). The first-order chi connectivity index (χ1) is 6.86. The van der Waals surface area contributed by atoms with Gasteiger partial charge in [0.25, 0.3) is 0 Å². The molecular formula is C7H8N6S. The van der Waals surface area contributed by atoms with E-state index in [4.69, 9.17) is 5.73 Å². The molecule has 0 unspecified atom stereocenters. The van der Waals surface area contributed by atoms with Crippen LogP contribution in [0.1, 0.15) is 4.88 Å². The van der Waals surface area contributed by atoms with Crippen LogP contribution in [-0.4, -0.2) is 19.6 Å². The van der Waals surface area contributed by atoms with E-state index >= 15 is 0 Å². The van der Waals surface area contributed by atoms with Crippen LogP contribution in [0.2, 0.25) is 0 Å². The molecule has 3 N–H and O–H groups in total. The van der Waals surface area contributed by atoms with E-state index in [2.05, 4.69) is 24.9 Å². The van der Waals surface area contributed by atoms with Crippen molar-refractivity contribution in [3.63, 3.8) is 0 Å². The summed E-state index contributed by atoms with van der Waals surface area (Å²) in [5.41, 5.74) is 6.18. The van der Waals surface area contributed by atoms with Crippen LogP contribution < -0.4 is 11.1 Å². The molecule has 2 aromatic heterocycles. The lowest BCUT2D eigenvalue weighted by molar-refractivity contribution is 1.09. The summed E-state index contributed by atoms with van der Waals surface area (Å²) in [7, 11) is 0. The van der Waals surface area contributed by atoms with Crippen LogP contribution in [0.5, 0.6) is 0 Å². The lowest BCUT2D eigenvalue weighted by Crippen LogP contribution is -2.03. The molecule has 72 valence electrons. The SMILES string of the molecule is Nc1cncnc1NCc1cnns1. The summed E-state index contributed by atoms with van der Waals surface area (Å²) >= 11 is 1.34. The van der Waals surface area contributed by atoms with Gasteiger partial charge in [0.2, 0.25) is 0 Å². The molecule has 7 heteroatoms. The Labute approximate surface area is 84.4 Å². The Kier molecular flexibility index (Phi) is 2.50. The van der Waals surface area contributed by atoms with Crippen molar-refractivity contribution >= 4 is 23.0 Å². The second-order valence-electron chi connectivity index (χ2n) is 2.56. The van der Waals surface area contributed by atoms with Crippen molar-refractivity contribution in [1.82, 2.24) is 19.6 Å².